The summed E-state index contributed by atoms with van der Waals surface area (Å²) >= 11 is 6.22. The number of benzene rings is 1. The van der Waals surface area contributed by atoms with Gasteiger partial charge in [-0.25, -0.2) is 0 Å². The number of carbonyl (C=O) groups excluding carboxylic acids is 1. The van der Waals surface area contributed by atoms with Gasteiger partial charge in [-0.1, -0.05) is 35.9 Å². The lowest BCUT2D eigenvalue weighted by molar-refractivity contribution is 0.102. The molecule has 0 bridgehead atoms. The maximum Gasteiger partial charge on any atom is 0.277 e. The zero-order valence-electron chi connectivity index (χ0n) is 15.6. The van der Waals surface area contributed by atoms with Gasteiger partial charge in [0.25, 0.3) is 5.91 Å². The van der Waals surface area contributed by atoms with Crippen LogP contribution in [-0.2, 0) is 13.6 Å². The zero-order valence-corrected chi connectivity index (χ0v) is 16.3. The fourth-order valence-electron chi connectivity index (χ4n) is 2.88. The quantitative estimate of drug-likeness (QED) is 0.758. The van der Waals surface area contributed by atoms with E-state index in [1.165, 1.54) is 11.1 Å². The van der Waals surface area contributed by atoms with Crippen LogP contribution in [0, 0.1) is 27.7 Å². The average Bonchev–Trinajstić information content (AvgIpc) is 3.01. The summed E-state index contributed by atoms with van der Waals surface area (Å²) in [5, 5.41) is 12.1. The minimum atomic E-state index is -0.333. The van der Waals surface area contributed by atoms with Crippen molar-refractivity contribution in [1.29, 1.82) is 0 Å². The maximum absolute atomic E-state index is 12.6. The lowest BCUT2D eigenvalue weighted by atomic mass is 10.1. The first kappa shape index (κ1) is 18.2. The first-order valence-electron chi connectivity index (χ1n) is 8.38. The molecular weight excluding hydrogens is 350 g/mol. The van der Waals surface area contributed by atoms with E-state index in [2.05, 4.69) is 34.6 Å². The van der Waals surface area contributed by atoms with E-state index in [0.717, 1.165) is 17.1 Å². The first-order chi connectivity index (χ1) is 12.3. The Morgan fingerprint density at radius 3 is 2.42 bits per heavy atom. The summed E-state index contributed by atoms with van der Waals surface area (Å²) in [6.45, 7) is 8.37. The molecule has 0 aliphatic carbocycles. The van der Waals surface area contributed by atoms with Crippen LogP contribution >= 0.6 is 11.6 Å². The van der Waals surface area contributed by atoms with Gasteiger partial charge >= 0.3 is 0 Å². The third kappa shape index (κ3) is 3.24. The molecular formula is C19H22ClN5O. The minimum absolute atomic E-state index is 0.220. The fraction of sp³-hybridized carbons (Fsp3) is 0.316. The van der Waals surface area contributed by atoms with Crippen LogP contribution in [0.25, 0.3) is 0 Å². The highest BCUT2D eigenvalue weighted by Crippen LogP contribution is 2.24. The van der Waals surface area contributed by atoms with E-state index < -0.39 is 0 Å². The number of aryl methyl sites for hydroxylation is 3. The molecule has 1 amide bonds. The van der Waals surface area contributed by atoms with Crippen molar-refractivity contribution in [2.24, 2.45) is 7.05 Å². The van der Waals surface area contributed by atoms with Gasteiger partial charge in [-0.3, -0.25) is 14.2 Å². The summed E-state index contributed by atoms with van der Waals surface area (Å²) in [6.07, 6.45) is 0. The molecule has 6 nitrogen and oxygen atoms in total. The highest BCUT2D eigenvalue weighted by molar-refractivity contribution is 6.34. The molecule has 3 rings (SSSR count). The van der Waals surface area contributed by atoms with Crippen molar-refractivity contribution in [1.82, 2.24) is 19.6 Å². The van der Waals surface area contributed by atoms with Crippen LogP contribution in [-0.4, -0.2) is 25.5 Å². The van der Waals surface area contributed by atoms with Crippen LogP contribution < -0.4 is 5.32 Å². The number of hydrogen-bond donors (Lipinski definition) is 1. The van der Waals surface area contributed by atoms with E-state index in [1.807, 2.05) is 37.6 Å². The highest BCUT2D eigenvalue weighted by Gasteiger charge is 2.21. The molecule has 0 fully saturated rings. The molecule has 1 aromatic carbocycles. The number of rotatable bonds is 4. The zero-order chi connectivity index (χ0) is 19.0. The van der Waals surface area contributed by atoms with Gasteiger partial charge in [0.1, 0.15) is 0 Å². The molecule has 2 heterocycles. The van der Waals surface area contributed by atoms with E-state index in [-0.39, 0.29) is 11.6 Å². The van der Waals surface area contributed by atoms with E-state index in [4.69, 9.17) is 11.6 Å². The number of amides is 1. The Bertz CT molecular complexity index is 986. The molecule has 0 aliphatic heterocycles. The van der Waals surface area contributed by atoms with Crippen molar-refractivity contribution < 1.29 is 4.79 Å². The smallest absolute Gasteiger partial charge is 0.277 e. The van der Waals surface area contributed by atoms with Crippen molar-refractivity contribution in [3.8, 4) is 0 Å². The Labute approximate surface area is 157 Å². The molecule has 0 saturated heterocycles. The van der Waals surface area contributed by atoms with Gasteiger partial charge in [-0.15, -0.1) is 0 Å². The number of carbonyl (C=O) groups is 1. The third-order valence-corrected chi connectivity index (χ3v) is 5.13. The van der Waals surface area contributed by atoms with Crippen molar-refractivity contribution in [3.05, 3.63) is 63.2 Å². The monoisotopic (exact) mass is 371 g/mol. The predicted octanol–water partition coefficient (Wildman–Crippen LogP) is 3.80. The Morgan fingerprint density at radius 1 is 1.12 bits per heavy atom. The summed E-state index contributed by atoms with van der Waals surface area (Å²) in [5.41, 5.74) is 5.72. The Hall–Kier alpha value is -2.60. The number of halogens is 1. The van der Waals surface area contributed by atoms with Gasteiger partial charge in [-0.2, -0.15) is 10.2 Å². The van der Waals surface area contributed by atoms with E-state index in [1.54, 1.807) is 11.7 Å². The summed E-state index contributed by atoms with van der Waals surface area (Å²) in [4.78, 5) is 12.6. The molecule has 1 N–H and O–H groups in total. The molecule has 0 spiro atoms. The maximum atomic E-state index is 12.6. The Balaban J connectivity index is 1.87. The van der Waals surface area contributed by atoms with Crippen LogP contribution in [0.1, 0.15) is 38.7 Å². The minimum Gasteiger partial charge on any atom is -0.317 e. The Morgan fingerprint density at radius 2 is 1.81 bits per heavy atom. The summed E-state index contributed by atoms with van der Waals surface area (Å²) < 4.78 is 3.50. The molecule has 3 aromatic rings. The summed E-state index contributed by atoms with van der Waals surface area (Å²) in [7, 11) is 1.76. The lowest BCUT2D eigenvalue weighted by Gasteiger charge is -2.08. The molecule has 26 heavy (non-hydrogen) atoms. The summed E-state index contributed by atoms with van der Waals surface area (Å²) in [6, 6.07) is 8.20. The van der Waals surface area contributed by atoms with E-state index >= 15 is 0 Å². The summed E-state index contributed by atoms with van der Waals surface area (Å²) in [5.74, 6) is -0.333. The standard InChI is InChI=1S/C19H22ClN5O/c1-11-8-6-7-9-15(11)10-25-14(4)17(12(2)22-25)21-19(26)18-16(20)13(3)24(5)23-18/h6-9H,10H2,1-5H3,(H,21,26). The number of nitrogens with one attached hydrogen (secondary N) is 1. The second-order valence-corrected chi connectivity index (χ2v) is 6.83. The molecule has 136 valence electrons. The van der Waals surface area contributed by atoms with E-state index in [0.29, 0.717) is 17.3 Å². The molecule has 0 atom stereocenters. The van der Waals surface area contributed by atoms with Crippen LogP contribution in [0.5, 0.6) is 0 Å². The van der Waals surface area contributed by atoms with Crippen LogP contribution in [0.15, 0.2) is 24.3 Å². The van der Waals surface area contributed by atoms with Crippen LogP contribution in [0.4, 0.5) is 5.69 Å². The topological polar surface area (TPSA) is 64.7 Å². The molecule has 2 aromatic heterocycles. The largest absolute Gasteiger partial charge is 0.317 e. The van der Waals surface area contributed by atoms with Crippen LogP contribution in [0.2, 0.25) is 5.02 Å². The van der Waals surface area contributed by atoms with Crippen molar-refractivity contribution in [2.75, 3.05) is 5.32 Å². The van der Waals surface area contributed by atoms with Crippen molar-refractivity contribution >= 4 is 23.2 Å². The van der Waals surface area contributed by atoms with Gasteiger partial charge < -0.3 is 5.32 Å². The second kappa shape index (κ2) is 6.96. The number of anilines is 1. The van der Waals surface area contributed by atoms with Gasteiger partial charge in [0.2, 0.25) is 0 Å². The van der Waals surface area contributed by atoms with Gasteiger partial charge in [0.15, 0.2) is 5.69 Å². The second-order valence-electron chi connectivity index (χ2n) is 6.46. The average molecular weight is 372 g/mol. The molecule has 0 aliphatic rings. The third-order valence-electron chi connectivity index (χ3n) is 4.68. The molecule has 0 saturated carbocycles. The van der Waals surface area contributed by atoms with Crippen molar-refractivity contribution in [2.45, 2.75) is 34.2 Å². The molecule has 7 heteroatoms. The van der Waals surface area contributed by atoms with E-state index in [9.17, 15) is 4.79 Å². The number of hydrogen-bond acceptors (Lipinski definition) is 3. The predicted molar refractivity (Wildman–Crippen MR) is 103 cm³/mol. The highest BCUT2D eigenvalue weighted by atomic mass is 35.5. The Kier molecular flexibility index (Phi) is 4.87. The fourth-order valence-corrected chi connectivity index (χ4v) is 3.13. The van der Waals surface area contributed by atoms with Gasteiger partial charge in [-0.05, 0) is 38.8 Å². The van der Waals surface area contributed by atoms with Crippen LogP contribution in [0.3, 0.4) is 0 Å². The molecule has 0 radical (unpaired) electrons. The SMILES string of the molecule is Cc1ccccc1Cn1nc(C)c(NC(=O)c2nn(C)c(C)c2Cl)c1C. The molecule has 0 unspecified atom stereocenters. The van der Waals surface area contributed by atoms with Gasteiger partial charge in [0.05, 0.1) is 34.3 Å². The normalized spacial score (nSPS) is 11.0. The van der Waals surface area contributed by atoms with Crippen molar-refractivity contribution in [3.63, 3.8) is 0 Å². The first-order valence-corrected chi connectivity index (χ1v) is 8.76. The number of aromatic nitrogens is 4. The number of nitrogens with zero attached hydrogens (tertiary/aromatic N) is 4. The van der Waals surface area contributed by atoms with Gasteiger partial charge in [0, 0.05) is 7.05 Å². The lowest BCUT2D eigenvalue weighted by Crippen LogP contribution is -2.15.